The molecule has 1 amide bonds. The minimum atomic E-state index is -0.624. The number of H-pyrrole nitrogens is 1. The summed E-state index contributed by atoms with van der Waals surface area (Å²) in [5, 5.41) is 9.24. The normalized spacial score (nSPS) is 10.4. The largest absolute Gasteiger partial charge is 0.305 e. The number of hydrogen-bond acceptors (Lipinski definition) is 2. The summed E-state index contributed by atoms with van der Waals surface area (Å²) in [6.07, 6.45) is 0.790. The molecule has 0 saturated heterocycles. The van der Waals surface area contributed by atoms with Crippen LogP contribution in [0.15, 0.2) is 24.3 Å². The van der Waals surface area contributed by atoms with Crippen LogP contribution in [-0.4, -0.2) is 16.1 Å². The molecule has 0 unspecified atom stereocenters. The Kier molecular flexibility index (Phi) is 3.62. The van der Waals surface area contributed by atoms with Crippen LogP contribution >= 0.6 is 11.6 Å². The standard InChI is InChI=1S/C12H11ClFN3O/c1-2-8-6-11(17-16-8)15-12(18)7-3-4-9(13)10(14)5-7/h3-6H,2H2,1H3,(H2,15,16,17,18). The molecule has 2 aromatic rings. The van der Waals surface area contributed by atoms with Crippen LogP contribution in [0.1, 0.15) is 23.0 Å². The van der Waals surface area contributed by atoms with Crippen molar-refractivity contribution in [1.29, 1.82) is 0 Å². The lowest BCUT2D eigenvalue weighted by Gasteiger charge is -2.02. The monoisotopic (exact) mass is 267 g/mol. The van der Waals surface area contributed by atoms with E-state index in [1.807, 2.05) is 6.92 Å². The molecule has 0 bridgehead atoms. The van der Waals surface area contributed by atoms with Gasteiger partial charge in [-0.05, 0) is 24.6 Å². The zero-order valence-corrected chi connectivity index (χ0v) is 10.4. The fourth-order valence-electron chi connectivity index (χ4n) is 1.43. The quantitative estimate of drug-likeness (QED) is 0.898. The Morgan fingerprint density at radius 1 is 1.50 bits per heavy atom. The Hall–Kier alpha value is -1.88. The highest BCUT2D eigenvalue weighted by Gasteiger charge is 2.10. The van der Waals surface area contributed by atoms with Crippen LogP contribution in [0.2, 0.25) is 5.02 Å². The summed E-state index contributed by atoms with van der Waals surface area (Å²) < 4.78 is 13.2. The molecule has 6 heteroatoms. The maximum absolute atomic E-state index is 13.2. The number of halogens is 2. The van der Waals surface area contributed by atoms with Gasteiger partial charge >= 0.3 is 0 Å². The minimum absolute atomic E-state index is 0.0143. The summed E-state index contributed by atoms with van der Waals surface area (Å²) in [6.45, 7) is 1.97. The fraction of sp³-hybridized carbons (Fsp3) is 0.167. The number of carbonyl (C=O) groups excluding carboxylic acids is 1. The molecule has 4 nitrogen and oxygen atoms in total. The molecule has 0 atom stereocenters. The van der Waals surface area contributed by atoms with Crippen molar-refractivity contribution in [2.45, 2.75) is 13.3 Å². The molecule has 0 radical (unpaired) electrons. The van der Waals surface area contributed by atoms with E-state index in [0.717, 1.165) is 18.2 Å². The van der Waals surface area contributed by atoms with Crippen molar-refractivity contribution < 1.29 is 9.18 Å². The fourth-order valence-corrected chi connectivity index (χ4v) is 1.55. The van der Waals surface area contributed by atoms with Gasteiger partial charge < -0.3 is 5.32 Å². The van der Waals surface area contributed by atoms with Gasteiger partial charge in [-0.25, -0.2) is 4.39 Å². The number of nitrogens with one attached hydrogen (secondary N) is 2. The van der Waals surface area contributed by atoms with Crippen molar-refractivity contribution in [3.63, 3.8) is 0 Å². The number of benzene rings is 1. The van der Waals surface area contributed by atoms with Crippen molar-refractivity contribution in [2.75, 3.05) is 5.32 Å². The Balaban J connectivity index is 2.14. The van der Waals surface area contributed by atoms with Crippen molar-refractivity contribution in [3.05, 3.63) is 46.4 Å². The zero-order valence-electron chi connectivity index (χ0n) is 9.63. The molecular formula is C12H11ClFN3O. The Morgan fingerprint density at radius 2 is 2.28 bits per heavy atom. The number of carbonyl (C=O) groups is 1. The summed E-state index contributed by atoms with van der Waals surface area (Å²) in [6, 6.07) is 5.61. The lowest BCUT2D eigenvalue weighted by Crippen LogP contribution is -2.12. The number of aryl methyl sites for hydroxylation is 1. The Bertz CT molecular complexity index is 582. The van der Waals surface area contributed by atoms with Crippen LogP contribution < -0.4 is 5.32 Å². The number of rotatable bonds is 3. The molecule has 18 heavy (non-hydrogen) atoms. The van der Waals surface area contributed by atoms with Crippen molar-refractivity contribution in [1.82, 2.24) is 10.2 Å². The molecule has 1 aromatic carbocycles. The molecule has 0 aliphatic rings. The second-order valence-corrected chi connectivity index (χ2v) is 4.12. The van der Waals surface area contributed by atoms with E-state index >= 15 is 0 Å². The van der Waals surface area contributed by atoms with Crippen molar-refractivity contribution in [3.8, 4) is 0 Å². The number of nitrogens with zero attached hydrogens (tertiary/aromatic N) is 1. The highest BCUT2D eigenvalue weighted by atomic mass is 35.5. The molecule has 2 rings (SSSR count). The van der Waals surface area contributed by atoms with Crippen LogP contribution in [0.25, 0.3) is 0 Å². The average molecular weight is 268 g/mol. The summed E-state index contributed by atoms with van der Waals surface area (Å²) >= 11 is 5.54. The second-order valence-electron chi connectivity index (χ2n) is 3.71. The van der Waals surface area contributed by atoms with Gasteiger partial charge in [-0.3, -0.25) is 9.89 Å². The van der Waals surface area contributed by atoms with E-state index in [0.29, 0.717) is 5.82 Å². The van der Waals surface area contributed by atoms with Gasteiger partial charge in [0, 0.05) is 17.3 Å². The molecule has 0 aliphatic heterocycles. The van der Waals surface area contributed by atoms with Crippen LogP contribution in [0.4, 0.5) is 10.2 Å². The van der Waals surface area contributed by atoms with Gasteiger partial charge in [-0.1, -0.05) is 18.5 Å². The number of aromatic nitrogens is 2. The molecule has 2 N–H and O–H groups in total. The topological polar surface area (TPSA) is 57.8 Å². The van der Waals surface area contributed by atoms with Crippen molar-refractivity contribution in [2.24, 2.45) is 0 Å². The van der Waals surface area contributed by atoms with Gasteiger partial charge in [0.15, 0.2) is 5.82 Å². The van der Waals surface area contributed by atoms with Gasteiger partial charge in [-0.15, -0.1) is 0 Å². The van der Waals surface area contributed by atoms with E-state index in [1.165, 1.54) is 12.1 Å². The van der Waals surface area contributed by atoms with E-state index < -0.39 is 11.7 Å². The SMILES string of the molecule is CCc1cc(NC(=O)c2ccc(Cl)c(F)c2)n[nH]1. The molecule has 0 spiro atoms. The van der Waals surface area contributed by atoms with E-state index in [2.05, 4.69) is 15.5 Å². The van der Waals surface area contributed by atoms with Crippen molar-refractivity contribution >= 4 is 23.3 Å². The molecule has 1 heterocycles. The minimum Gasteiger partial charge on any atom is -0.305 e. The molecule has 0 aliphatic carbocycles. The molecule has 0 saturated carbocycles. The number of aromatic amines is 1. The summed E-state index contributed by atoms with van der Waals surface area (Å²) in [5.41, 5.74) is 1.10. The van der Waals surface area contributed by atoms with E-state index in [-0.39, 0.29) is 10.6 Å². The first-order valence-corrected chi connectivity index (χ1v) is 5.78. The van der Waals surface area contributed by atoms with Crippen LogP contribution in [0.3, 0.4) is 0 Å². The maximum Gasteiger partial charge on any atom is 0.256 e. The summed E-state index contributed by atoms with van der Waals surface area (Å²) in [5.74, 6) is -0.646. The molecular weight excluding hydrogens is 257 g/mol. The highest BCUT2D eigenvalue weighted by Crippen LogP contribution is 2.16. The predicted octanol–water partition coefficient (Wildman–Crippen LogP) is 3.02. The second kappa shape index (κ2) is 5.18. The smallest absolute Gasteiger partial charge is 0.256 e. The molecule has 1 aromatic heterocycles. The first kappa shape index (κ1) is 12.6. The first-order chi connectivity index (χ1) is 8.60. The lowest BCUT2D eigenvalue weighted by atomic mass is 10.2. The molecule has 94 valence electrons. The summed E-state index contributed by atoms with van der Waals surface area (Å²) in [7, 11) is 0. The first-order valence-electron chi connectivity index (χ1n) is 5.41. The average Bonchev–Trinajstić information content (AvgIpc) is 2.80. The predicted molar refractivity (Wildman–Crippen MR) is 67.3 cm³/mol. The van der Waals surface area contributed by atoms with E-state index in [9.17, 15) is 9.18 Å². The zero-order chi connectivity index (χ0) is 13.1. The van der Waals surface area contributed by atoms with Gasteiger partial charge in [0.05, 0.1) is 5.02 Å². The van der Waals surface area contributed by atoms with Crippen LogP contribution in [0, 0.1) is 5.82 Å². The van der Waals surface area contributed by atoms with Crippen LogP contribution in [-0.2, 0) is 6.42 Å². The number of hydrogen-bond donors (Lipinski definition) is 2. The maximum atomic E-state index is 13.2. The van der Waals surface area contributed by atoms with E-state index in [4.69, 9.17) is 11.6 Å². The number of amides is 1. The van der Waals surface area contributed by atoms with Gasteiger partial charge in [-0.2, -0.15) is 5.10 Å². The number of anilines is 1. The van der Waals surface area contributed by atoms with Gasteiger partial charge in [0.2, 0.25) is 0 Å². The third kappa shape index (κ3) is 2.68. The summed E-state index contributed by atoms with van der Waals surface area (Å²) in [4.78, 5) is 11.8. The highest BCUT2D eigenvalue weighted by molar-refractivity contribution is 6.30. The lowest BCUT2D eigenvalue weighted by molar-refractivity contribution is 0.102. The third-order valence-electron chi connectivity index (χ3n) is 2.44. The van der Waals surface area contributed by atoms with E-state index in [1.54, 1.807) is 6.07 Å². The Labute approximate surface area is 108 Å². The Morgan fingerprint density at radius 3 is 2.89 bits per heavy atom. The third-order valence-corrected chi connectivity index (χ3v) is 2.74. The molecule has 0 fully saturated rings. The van der Waals surface area contributed by atoms with Gasteiger partial charge in [0.25, 0.3) is 5.91 Å². The van der Waals surface area contributed by atoms with Crippen LogP contribution in [0.5, 0.6) is 0 Å². The van der Waals surface area contributed by atoms with Gasteiger partial charge in [0.1, 0.15) is 5.82 Å².